The number of hydrogen-bond acceptors (Lipinski definition) is 7. The fourth-order valence-electron chi connectivity index (χ4n) is 4.74. The number of rotatable bonds is 18. The van der Waals surface area contributed by atoms with E-state index in [1.54, 1.807) is 0 Å². The number of nitrogens with two attached hydrogens (primary N) is 1. The molecular weight excluding hydrogens is 757 g/mol. The van der Waals surface area contributed by atoms with Crippen LogP contribution in [-0.4, -0.2) is 60.7 Å². The largest absolute Gasteiger partial charge is 0.416 e. The molecule has 0 fully saturated rings. The summed E-state index contributed by atoms with van der Waals surface area (Å²) in [4.78, 5) is 36.8. The highest BCUT2D eigenvalue weighted by Crippen LogP contribution is 2.36. The van der Waals surface area contributed by atoms with Crippen molar-refractivity contribution in [3.05, 3.63) is 94.5 Å². The van der Waals surface area contributed by atoms with Gasteiger partial charge in [0.1, 0.15) is 0 Å². The van der Waals surface area contributed by atoms with Gasteiger partial charge in [0.15, 0.2) is 0 Å². The minimum atomic E-state index is -5.09. The van der Waals surface area contributed by atoms with Crippen molar-refractivity contribution in [3.63, 3.8) is 0 Å². The van der Waals surface area contributed by atoms with Crippen LogP contribution in [-0.2, 0) is 32.4 Å². The molecule has 6 N–H and O–H groups in total. The van der Waals surface area contributed by atoms with Gasteiger partial charge in [-0.05, 0) is 92.8 Å². The molecule has 0 saturated carbocycles. The van der Waals surface area contributed by atoms with Crippen LogP contribution < -0.4 is 25.8 Å². The highest BCUT2D eigenvalue weighted by molar-refractivity contribution is 7.89. The minimum Gasteiger partial charge on any atom is -0.352 e. The number of carbonyl (C=O) groups is 3. The van der Waals surface area contributed by atoms with Crippen molar-refractivity contribution in [1.82, 2.24) is 20.7 Å². The molecular formula is C33H37F6N5O7S2. The molecule has 0 spiro atoms. The first kappa shape index (κ1) is 42.9. The molecule has 0 aromatic heterocycles. The first-order valence-corrected chi connectivity index (χ1v) is 19.1. The Labute approximate surface area is 302 Å². The summed E-state index contributed by atoms with van der Waals surface area (Å²) in [6.45, 7) is 0.511. The molecule has 0 heterocycles. The van der Waals surface area contributed by atoms with Crippen LogP contribution in [0.25, 0.3) is 0 Å². The molecule has 0 unspecified atom stereocenters. The molecule has 3 rings (SSSR count). The Morgan fingerprint density at radius 2 is 0.981 bits per heavy atom. The summed E-state index contributed by atoms with van der Waals surface area (Å²) in [6, 6.07) is 11.1. The average molecular weight is 794 g/mol. The third kappa shape index (κ3) is 13.8. The summed E-state index contributed by atoms with van der Waals surface area (Å²) >= 11 is 0. The number of amides is 3. The SMILES string of the molecule is NS(=O)(=O)c1ccc(C(=O)NCCCCCNC(=O)c2cccc(S(=O)(=O)NCCCCCNC(=O)c3cc(C(F)(F)F)cc(C(F)(F)F)c3)c2)cc1. The van der Waals surface area contributed by atoms with Crippen molar-refractivity contribution in [2.24, 2.45) is 5.14 Å². The van der Waals surface area contributed by atoms with Crippen LogP contribution in [0, 0.1) is 0 Å². The molecule has 3 aromatic carbocycles. The Kier molecular flexibility index (Phi) is 15.0. The molecule has 53 heavy (non-hydrogen) atoms. The molecule has 20 heteroatoms. The van der Waals surface area contributed by atoms with Crippen LogP contribution in [0.3, 0.4) is 0 Å². The lowest BCUT2D eigenvalue weighted by Gasteiger charge is -2.14. The van der Waals surface area contributed by atoms with Crippen LogP contribution in [0.4, 0.5) is 26.3 Å². The summed E-state index contributed by atoms with van der Waals surface area (Å²) < 4.78 is 129. The molecule has 0 aliphatic rings. The van der Waals surface area contributed by atoms with Crippen LogP contribution in [0.2, 0.25) is 0 Å². The summed E-state index contributed by atoms with van der Waals surface area (Å²) in [6.07, 6.45) is -7.49. The van der Waals surface area contributed by atoms with E-state index >= 15 is 0 Å². The second kappa shape index (κ2) is 18.5. The molecule has 12 nitrogen and oxygen atoms in total. The Morgan fingerprint density at radius 1 is 0.528 bits per heavy atom. The van der Waals surface area contributed by atoms with Gasteiger partial charge in [0.2, 0.25) is 20.0 Å². The smallest absolute Gasteiger partial charge is 0.352 e. The van der Waals surface area contributed by atoms with E-state index in [9.17, 15) is 57.6 Å². The van der Waals surface area contributed by atoms with Crippen LogP contribution in [0.5, 0.6) is 0 Å². The van der Waals surface area contributed by atoms with E-state index in [1.807, 2.05) is 0 Å². The predicted octanol–water partition coefficient (Wildman–Crippen LogP) is 4.58. The lowest BCUT2D eigenvalue weighted by Crippen LogP contribution is -2.27. The van der Waals surface area contributed by atoms with Gasteiger partial charge < -0.3 is 16.0 Å². The maximum atomic E-state index is 13.1. The number of nitrogens with one attached hydrogen (secondary N) is 4. The molecule has 0 radical (unpaired) electrons. The number of hydrogen-bond donors (Lipinski definition) is 5. The maximum Gasteiger partial charge on any atom is 0.416 e. The zero-order valence-electron chi connectivity index (χ0n) is 27.9. The van der Waals surface area contributed by atoms with Gasteiger partial charge in [0.05, 0.1) is 20.9 Å². The fraction of sp³-hybridized carbons (Fsp3) is 0.364. The van der Waals surface area contributed by atoms with E-state index in [0.29, 0.717) is 44.4 Å². The molecule has 0 bridgehead atoms. The normalized spacial score (nSPS) is 12.3. The number of sulfonamides is 2. The third-order valence-electron chi connectivity index (χ3n) is 7.56. The highest BCUT2D eigenvalue weighted by atomic mass is 32.2. The third-order valence-corrected chi connectivity index (χ3v) is 9.95. The number of alkyl halides is 6. The highest BCUT2D eigenvalue weighted by Gasteiger charge is 2.37. The van der Waals surface area contributed by atoms with Gasteiger partial charge in [-0.3, -0.25) is 14.4 Å². The Morgan fingerprint density at radius 3 is 1.45 bits per heavy atom. The number of halogens is 6. The van der Waals surface area contributed by atoms with Crippen LogP contribution >= 0.6 is 0 Å². The first-order valence-electron chi connectivity index (χ1n) is 16.1. The van der Waals surface area contributed by atoms with Gasteiger partial charge in [-0.2, -0.15) is 26.3 Å². The Hall–Kier alpha value is -4.53. The van der Waals surface area contributed by atoms with Gasteiger partial charge in [-0.15, -0.1) is 0 Å². The van der Waals surface area contributed by atoms with Crippen molar-refractivity contribution in [3.8, 4) is 0 Å². The number of carbonyl (C=O) groups excluding carboxylic acids is 3. The second-order valence-corrected chi connectivity index (χ2v) is 15.0. The van der Waals surface area contributed by atoms with Crippen LogP contribution in [0.1, 0.15) is 80.7 Å². The summed E-state index contributed by atoms with van der Waals surface area (Å²) in [5, 5.41) is 12.7. The lowest BCUT2D eigenvalue weighted by molar-refractivity contribution is -0.143. The van der Waals surface area contributed by atoms with Crippen molar-refractivity contribution < 1.29 is 57.6 Å². The summed E-state index contributed by atoms with van der Waals surface area (Å²) in [5.41, 5.74) is -3.65. The van der Waals surface area contributed by atoms with E-state index in [0.717, 1.165) is 0 Å². The van der Waals surface area contributed by atoms with E-state index < -0.39 is 60.9 Å². The molecule has 290 valence electrons. The number of benzene rings is 3. The summed E-state index contributed by atoms with van der Waals surface area (Å²) in [5.74, 6) is -2.01. The van der Waals surface area contributed by atoms with Crippen molar-refractivity contribution in [1.29, 1.82) is 0 Å². The van der Waals surface area contributed by atoms with Gasteiger partial charge in [0, 0.05) is 42.9 Å². The van der Waals surface area contributed by atoms with Gasteiger partial charge in [-0.25, -0.2) is 26.7 Å². The predicted molar refractivity (Wildman–Crippen MR) is 181 cm³/mol. The monoisotopic (exact) mass is 793 g/mol. The van der Waals surface area contributed by atoms with E-state index in [2.05, 4.69) is 20.7 Å². The minimum absolute atomic E-state index is 0.0272. The molecule has 0 aliphatic heterocycles. The molecule has 0 aliphatic carbocycles. The van der Waals surface area contributed by atoms with E-state index in [4.69, 9.17) is 5.14 Å². The van der Waals surface area contributed by atoms with Gasteiger partial charge in [-0.1, -0.05) is 12.5 Å². The quantitative estimate of drug-likeness (QED) is 0.0919. The summed E-state index contributed by atoms with van der Waals surface area (Å²) in [7, 11) is -7.88. The van der Waals surface area contributed by atoms with Crippen molar-refractivity contribution in [2.75, 3.05) is 26.2 Å². The van der Waals surface area contributed by atoms with Crippen LogP contribution in [0.15, 0.2) is 76.5 Å². The Balaban J connectivity index is 1.34. The molecule has 3 aromatic rings. The second-order valence-electron chi connectivity index (χ2n) is 11.7. The van der Waals surface area contributed by atoms with Crippen molar-refractivity contribution in [2.45, 2.75) is 60.7 Å². The molecule has 3 amide bonds. The Bertz CT molecular complexity index is 1940. The fourth-order valence-corrected chi connectivity index (χ4v) is 6.38. The zero-order chi connectivity index (χ0) is 39.5. The van der Waals surface area contributed by atoms with E-state index in [-0.39, 0.29) is 65.4 Å². The van der Waals surface area contributed by atoms with Gasteiger partial charge in [0.25, 0.3) is 17.7 Å². The van der Waals surface area contributed by atoms with E-state index in [1.165, 1.54) is 48.5 Å². The molecule has 0 saturated heterocycles. The maximum absolute atomic E-state index is 13.1. The standard InChI is InChI=1S/C33H37F6N5O7S2/c34-32(35,36)25-18-24(19-26(21-25)33(37,38)39)31(47)43-16-5-2-6-17-44-53(50,51)28-9-7-8-23(20-28)30(46)42-15-4-1-3-14-41-29(45)22-10-12-27(13-11-22)52(40,48)49/h7-13,18-21,44H,1-6,14-17H2,(H,41,45)(H,42,46)(H,43,47)(H2,40,48,49). The molecule has 0 atom stereocenters. The van der Waals surface area contributed by atoms with Gasteiger partial charge >= 0.3 is 12.4 Å². The number of unbranched alkanes of at least 4 members (excludes halogenated alkanes) is 4. The topological polar surface area (TPSA) is 194 Å². The zero-order valence-corrected chi connectivity index (χ0v) is 29.6. The number of primary sulfonamides is 1. The van der Waals surface area contributed by atoms with Crippen molar-refractivity contribution >= 4 is 37.8 Å². The first-order chi connectivity index (χ1) is 24.7. The lowest BCUT2D eigenvalue weighted by atomic mass is 10.0. The average Bonchev–Trinajstić information content (AvgIpc) is 3.09.